The van der Waals surface area contributed by atoms with Crippen LogP contribution in [0.1, 0.15) is 95.2 Å². The maximum absolute atomic E-state index is 14.0. The van der Waals surface area contributed by atoms with Crippen molar-refractivity contribution in [2.45, 2.75) is 102 Å². The number of nitrogens with one attached hydrogen (secondary N) is 4. The van der Waals surface area contributed by atoms with Gasteiger partial charge in [-0.2, -0.15) is 0 Å². The van der Waals surface area contributed by atoms with Gasteiger partial charge in [0.2, 0.25) is 17.6 Å². The number of amides is 3. The smallest absolute Gasteiger partial charge is 0.407 e. The van der Waals surface area contributed by atoms with Gasteiger partial charge in [0.05, 0.1) is 48.1 Å². The lowest BCUT2D eigenvalue weighted by molar-refractivity contribution is -0.249. The predicted octanol–water partition coefficient (Wildman–Crippen LogP) is 1.66. The summed E-state index contributed by atoms with van der Waals surface area (Å²) in [6.45, 7) is 5.52. The third-order valence-electron chi connectivity index (χ3n) is 11.7. The lowest BCUT2D eigenvalue weighted by Gasteiger charge is -2.42. The van der Waals surface area contributed by atoms with Crippen LogP contribution in [0, 0.1) is 5.92 Å². The van der Waals surface area contributed by atoms with E-state index in [2.05, 4.69) is 21.3 Å². The van der Waals surface area contributed by atoms with E-state index in [1.165, 1.54) is 32.2 Å². The molecule has 1 unspecified atom stereocenters. The highest BCUT2D eigenvalue weighted by molar-refractivity contribution is 6.31. The van der Waals surface area contributed by atoms with E-state index < -0.39 is 120 Å². The van der Waals surface area contributed by atoms with Gasteiger partial charge in [0.25, 0.3) is 0 Å². The monoisotopic (exact) mass is 876 g/mol. The van der Waals surface area contributed by atoms with Gasteiger partial charge in [0.15, 0.2) is 17.9 Å². The Morgan fingerprint density at radius 1 is 0.952 bits per heavy atom. The Kier molecular flexibility index (Phi) is 13.9. The fraction of sp³-hybridized carbons (Fsp3) is 0.455. The van der Waals surface area contributed by atoms with Crippen LogP contribution in [-0.2, 0) is 41.6 Å². The van der Waals surface area contributed by atoms with E-state index in [0.717, 1.165) is 0 Å². The van der Waals surface area contributed by atoms with Gasteiger partial charge < -0.3 is 65.7 Å². The number of hydrogen-bond donors (Lipinski definition) is 9. The highest BCUT2D eigenvalue weighted by Gasteiger charge is 2.50. The number of methoxy groups -OCH3 is 1. The van der Waals surface area contributed by atoms with Gasteiger partial charge in [0, 0.05) is 41.6 Å². The van der Waals surface area contributed by atoms with Crippen molar-refractivity contribution < 1.29 is 73.2 Å². The van der Waals surface area contributed by atoms with Gasteiger partial charge in [-0.15, -0.1) is 0 Å². The first-order chi connectivity index (χ1) is 29.8. The number of phenolic OH excluding ortho intramolecular Hbond substituents is 2. The molecule has 0 saturated carbocycles. The summed E-state index contributed by atoms with van der Waals surface area (Å²) in [6, 6.07) is 8.35. The average Bonchev–Trinajstić information content (AvgIpc) is 3.24. The number of aromatic hydroxyl groups is 2. The van der Waals surface area contributed by atoms with Crippen molar-refractivity contribution in [1.82, 2.24) is 16.0 Å². The summed E-state index contributed by atoms with van der Waals surface area (Å²) in [5.74, 6) is -4.94. The number of anilines is 1. The molecule has 3 aromatic carbocycles. The molecule has 1 saturated heterocycles. The zero-order valence-corrected chi connectivity index (χ0v) is 35.5. The quantitative estimate of drug-likeness (QED) is 0.0815. The van der Waals surface area contributed by atoms with Crippen molar-refractivity contribution in [1.29, 1.82) is 0 Å². The fourth-order valence-corrected chi connectivity index (χ4v) is 8.27. The molecule has 6 rings (SSSR count). The first-order valence-corrected chi connectivity index (χ1v) is 20.4. The predicted molar refractivity (Wildman–Crippen MR) is 221 cm³/mol. The van der Waals surface area contributed by atoms with E-state index in [0.29, 0.717) is 11.3 Å². The molecule has 8 atom stereocenters. The molecule has 9 N–H and O–H groups in total. The topological polar surface area (TPSA) is 289 Å². The van der Waals surface area contributed by atoms with Crippen LogP contribution in [0.4, 0.5) is 10.5 Å². The number of alkyl carbamates (subject to hydrolysis) is 1. The standard InChI is InChI=1S/C44H52N4O15/c1-19(2)35(45-5)42(57)46-20(3)41(56)47-23-12-10-22(11-13-23)18-61-43(58)48-26-14-30(62-21(4)36(26)51)63-28-16-44(59,29(50)17-49)15-25-32(28)40(55)34-33(38(25)53)37(52)24-8-7-9-27(60-6)31(24)39(34)54/h7-13,19-21,26,28,30,35-36,45,49,51,53,55,59H,14-18H2,1-6H3,(H,46,57)(H,47,56)(H,48,58)/t20-,21+,26+,28?,30-,35-,36-,44+/m0/s1. The van der Waals surface area contributed by atoms with E-state index in [-0.39, 0.29) is 52.9 Å². The molecule has 0 spiro atoms. The van der Waals surface area contributed by atoms with Crippen LogP contribution in [0.25, 0.3) is 0 Å². The summed E-state index contributed by atoms with van der Waals surface area (Å²) < 4.78 is 22.9. The Labute approximate surface area is 362 Å². The first-order valence-electron chi connectivity index (χ1n) is 20.4. The minimum Gasteiger partial charge on any atom is -0.507 e. The van der Waals surface area contributed by atoms with Crippen LogP contribution < -0.4 is 26.0 Å². The van der Waals surface area contributed by atoms with Gasteiger partial charge in [0.1, 0.15) is 48.2 Å². The van der Waals surface area contributed by atoms with Crippen LogP contribution in [0.3, 0.4) is 0 Å². The molecule has 3 aromatic rings. The van der Waals surface area contributed by atoms with Crippen LogP contribution in [0.5, 0.6) is 17.2 Å². The lowest BCUT2D eigenvalue weighted by Crippen LogP contribution is -2.56. The van der Waals surface area contributed by atoms with Gasteiger partial charge in [-0.3, -0.25) is 24.0 Å². The molecule has 63 heavy (non-hydrogen) atoms. The number of ether oxygens (including phenoxy) is 4. The van der Waals surface area contributed by atoms with E-state index in [1.54, 1.807) is 38.2 Å². The number of Topliss-reactive ketones (excluding diaryl/α,β-unsaturated/α-hetero) is 1. The molecule has 1 aliphatic heterocycles. The van der Waals surface area contributed by atoms with Gasteiger partial charge in [-0.1, -0.05) is 38.1 Å². The molecule has 3 amide bonds. The Morgan fingerprint density at radius 2 is 1.63 bits per heavy atom. The molecular weight excluding hydrogens is 824 g/mol. The number of likely N-dealkylation sites (N-methyl/N-ethyl adjacent to an activating group) is 1. The second-order valence-electron chi connectivity index (χ2n) is 16.2. The maximum atomic E-state index is 14.0. The second-order valence-corrected chi connectivity index (χ2v) is 16.2. The Balaban J connectivity index is 1.15. The fourth-order valence-electron chi connectivity index (χ4n) is 8.27. The van der Waals surface area contributed by atoms with Crippen LogP contribution in [-0.4, -0.2) is 124 Å². The SMILES string of the molecule is CN[C@H](C(=O)N[C@@H](C)C(=O)Nc1ccc(COC(=O)N[C@@H]2C[C@H](OC3C[C@@](O)(C(=O)CO)Cc4c(O)c5c(c(O)c43)C(=O)c3c(OC)cccc3C5=O)O[C@H](C)[C@@H]2O)cc1)C(C)C. The molecule has 3 aliphatic rings. The third kappa shape index (κ3) is 9.25. The summed E-state index contributed by atoms with van der Waals surface area (Å²) >= 11 is 0. The minimum absolute atomic E-state index is 0.00967. The summed E-state index contributed by atoms with van der Waals surface area (Å²) in [5.41, 5.74) is -3.24. The highest BCUT2D eigenvalue weighted by atomic mass is 16.7. The number of carbonyl (C=O) groups excluding carboxylic acids is 6. The average molecular weight is 877 g/mol. The van der Waals surface area contributed by atoms with Crippen LogP contribution >= 0.6 is 0 Å². The molecule has 19 heteroatoms. The number of ketones is 3. The van der Waals surface area contributed by atoms with Crippen molar-refractivity contribution in [3.8, 4) is 17.2 Å². The number of carbonyl (C=O) groups is 6. The number of aliphatic hydroxyl groups excluding tert-OH is 2. The number of hydrogen-bond acceptors (Lipinski definition) is 16. The van der Waals surface area contributed by atoms with Gasteiger partial charge >= 0.3 is 6.09 Å². The van der Waals surface area contributed by atoms with Crippen molar-refractivity contribution in [2.24, 2.45) is 5.92 Å². The molecule has 1 heterocycles. The van der Waals surface area contributed by atoms with E-state index in [4.69, 9.17) is 18.9 Å². The zero-order chi connectivity index (χ0) is 46.1. The highest BCUT2D eigenvalue weighted by Crippen LogP contribution is 2.52. The van der Waals surface area contributed by atoms with Crippen molar-refractivity contribution in [3.63, 3.8) is 0 Å². The Hall–Kier alpha value is -5.96. The van der Waals surface area contributed by atoms with Crippen LogP contribution in [0.2, 0.25) is 0 Å². The van der Waals surface area contributed by atoms with Crippen molar-refractivity contribution >= 4 is 40.9 Å². The zero-order valence-electron chi connectivity index (χ0n) is 35.5. The summed E-state index contributed by atoms with van der Waals surface area (Å²) in [5, 5.41) is 66.7. The molecular formula is C44H52N4O15. The summed E-state index contributed by atoms with van der Waals surface area (Å²) in [6.07, 6.45) is -7.51. The molecule has 0 bridgehead atoms. The molecule has 0 radical (unpaired) electrons. The Morgan fingerprint density at radius 3 is 2.27 bits per heavy atom. The van der Waals surface area contributed by atoms with E-state index in [1.807, 2.05) is 13.8 Å². The number of fused-ring (bicyclic) bond motifs is 3. The molecule has 1 fully saturated rings. The second kappa shape index (κ2) is 18.8. The molecule has 2 aliphatic carbocycles. The van der Waals surface area contributed by atoms with Crippen LogP contribution in [0.15, 0.2) is 42.5 Å². The number of rotatable bonds is 14. The number of phenols is 2. The van der Waals surface area contributed by atoms with Crippen molar-refractivity contribution in [3.05, 3.63) is 81.4 Å². The van der Waals surface area contributed by atoms with E-state index >= 15 is 0 Å². The Bertz CT molecular complexity index is 2300. The summed E-state index contributed by atoms with van der Waals surface area (Å²) in [7, 11) is 2.96. The van der Waals surface area contributed by atoms with Crippen molar-refractivity contribution in [2.75, 3.05) is 26.1 Å². The number of aliphatic hydroxyl groups is 3. The number of benzene rings is 3. The summed E-state index contributed by atoms with van der Waals surface area (Å²) in [4.78, 5) is 79.1. The lowest BCUT2D eigenvalue weighted by atomic mass is 9.72. The molecule has 19 nitrogen and oxygen atoms in total. The largest absolute Gasteiger partial charge is 0.507 e. The minimum atomic E-state index is -2.38. The van der Waals surface area contributed by atoms with Gasteiger partial charge in [-0.25, -0.2) is 4.79 Å². The normalized spacial score (nSPS) is 23.7. The third-order valence-corrected chi connectivity index (χ3v) is 11.7. The van der Waals surface area contributed by atoms with Gasteiger partial charge in [-0.05, 0) is 50.6 Å². The first kappa shape index (κ1) is 46.5. The van der Waals surface area contributed by atoms with E-state index in [9.17, 15) is 54.3 Å². The molecule has 338 valence electrons. The maximum Gasteiger partial charge on any atom is 0.407 e. The molecule has 0 aromatic heterocycles.